The maximum absolute atomic E-state index is 5.84. The van der Waals surface area contributed by atoms with Gasteiger partial charge in [-0.15, -0.1) is 0 Å². The first-order valence-corrected chi connectivity index (χ1v) is 37.8. The first-order valence-electron chi connectivity index (χ1n) is 37.8. The lowest BCUT2D eigenvalue weighted by molar-refractivity contribution is 0.432. The summed E-state index contributed by atoms with van der Waals surface area (Å²) < 4.78 is 21.1. The Kier molecular flexibility index (Phi) is 15.8. The van der Waals surface area contributed by atoms with Crippen LogP contribution >= 0.6 is 0 Å². The summed E-state index contributed by atoms with van der Waals surface area (Å²) in [5.74, 6) is 2.18. The number of rotatable bonds is 12. The van der Waals surface area contributed by atoms with E-state index in [1.807, 2.05) is 60.7 Å². The zero-order valence-corrected chi connectivity index (χ0v) is 61.2. The summed E-state index contributed by atoms with van der Waals surface area (Å²) >= 11 is 0. The smallest absolute Gasteiger partial charge is 0.258 e. The fourth-order valence-corrected chi connectivity index (χ4v) is 16.7. The molecule has 0 spiro atoms. The normalized spacial score (nSPS) is 11.7. The van der Waals surface area contributed by atoms with Crippen LogP contribution < -0.4 is 0 Å². The van der Waals surface area contributed by atoms with E-state index in [1.54, 1.807) is 0 Å². The Hall–Kier alpha value is -15.0. The highest BCUT2D eigenvalue weighted by molar-refractivity contribution is 6.16. The van der Waals surface area contributed by atoms with Crippen molar-refractivity contribution in [2.24, 2.45) is 0 Å². The van der Waals surface area contributed by atoms with Gasteiger partial charge in [0.25, 0.3) is 11.8 Å². The van der Waals surface area contributed by atoms with Crippen molar-refractivity contribution in [3.05, 3.63) is 387 Å². The highest BCUT2D eigenvalue weighted by atomic mass is 16.5. The van der Waals surface area contributed by atoms with Crippen LogP contribution in [0.15, 0.2) is 385 Å². The van der Waals surface area contributed by atoms with Gasteiger partial charge in [0.2, 0.25) is 11.6 Å². The van der Waals surface area contributed by atoms with E-state index in [1.165, 1.54) is 87.9 Å². The lowest BCUT2D eigenvalue weighted by Gasteiger charge is -2.14. The van der Waals surface area contributed by atoms with Gasteiger partial charge in [0.15, 0.2) is 0 Å². The van der Waals surface area contributed by atoms with Gasteiger partial charge in [-0.1, -0.05) is 253 Å². The van der Waals surface area contributed by atoms with Gasteiger partial charge in [-0.2, -0.15) is 9.97 Å². The van der Waals surface area contributed by atoms with Crippen LogP contribution in [-0.4, -0.2) is 38.5 Å². The third-order valence-electron chi connectivity index (χ3n) is 22.1. The zero-order chi connectivity index (χ0) is 74.3. The molecule has 0 bridgehead atoms. The predicted molar refractivity (Wildman–Crippen MR) is 459 cm³/mol. The van der Waals surface area contributed by atoms with Crippen molar-refractivity contribution < 1.29 is 9.05 Å². The molecule has 22 aromatic rings. The van der Waals surface area contributed by atoms with E-state index >= 15 is 0 Å². The lowest BCUT2D eigenvalue weighted by atomic mass is 10.0. The molecule has 10 nitrogen and oxygen atoms in total. The zero-order valence-electron chi connectivity index (χ0n) is 61.2. The van der Waals surface area contributed by atoms with Crippen LogP contribution in [0.25, 0.3) is 200 Å². The van der Waals surface area contributed by atoms with Gasteiger partial charge in [-0.25, -0.2) is 0 Å². The van der Waals surface area contributed by atoms with Gasteiger partial charge in [-0.3, -0.25) is 0 Å². The summed E-state index contributed by atoms with van der Waals surface area (Å²) in [4.78, 5) is 9.45. The Morgan fingerprint density at radius 1 is 0.205 bits per heavy atom. The molecule has 6 aromatic heterocycles. The summed E-state index contributed by atoms with van der Waals surface area (Å²) in [5.41, 5.74) is 29.0. The van der Waals surface area contributed by atoms with Crippen molar-refractivity contribution in [1.82, 2.24) is 38.5 Å². The van der Waals surface area contributed by atoms with Gasteiger partial charge < -0.3 is 27.3 Å². The molecular weight excluding hydrogens is 1370 g/mol. The second kappa shape index (κ2) is 27.0. The Bertz CT molecular complexity index is 6850. The molecule has 0 amide bonds. The quantitative estimate of drug-likeness (QED) is 0.121. The molecule has 0 aliphatic carbocycles. The number of aromatic nitrogens is 8. The monoisotopic (exact) mass is 1440 g/mol. The fraction of sp³-hybridized carbons (Fsp3) is 0.0196. The number of nitrogens with zero attached hydrogens (tertiary/aromatic N) is 8. The molecule has 22 rings (SSSR count). The molecular formula is C102H68N8O2. The second-order valence-corrected chi connectivity index (χ2v) is 28.7. The second-order valence-electron chi connectivity index (χ2n) is 28.7. The van der Waals surface area contributed by atoms with E-state index in [4.69, 9.17) is 14.0 Å². The molecule has 0 saturated carbocycles. The molecule has 112 heavy (non-hydrogen) atoms. The van der Waals surface area contributed by atoms with Crippen molar-refractivity contribution >= 4 is 87.2 Å². The Morgan fingerprint density at radius 2 is 0.500 bits per heavy atom. The van der Waals surface area contributed by atoms with Crippen molar-refractivity contribution in [2.75, 3.05) is 0 Å². The SMILES string of the molecule is Cc1cc(-n2c3ccccc3c3ccccc32)c(C)cc1-c1nc(-c2ccccc2)no1.c1ccc(-c2ccc3c(c2)c2cc(-c4ccccc4)ccc2n3-c2ccc3c(c2)c2cc(-n4c5ccc(-c6ccccc6)cc5c5cc(-c6ccccc6)ccc54)ccc2n3-c2ccc(-c3nc(-c4ccccc4)no3)cc2)cc1. The molecule has 0 N–H and O–H groups in total. The van der Waals surface area contributed by atoms with E-state index in [0.29, 0.717) is 23.4 Å². The minimum Gasteiger partial charge on any atom is -0.334 e. The maximum Gasteiger partial charge on any atom is 0.258 e. The molecule has 0 unspecified atom stereocenters. The summed E-state index contributed by atoms with van der Waals surface area (Å²) in [7, 11) is 0. The first-order chi connectivity index (χ1) is 55.3. The number of aryl methyl sites for hydroxylation is 2. The summed E-state index contributed by atoms with van der Waals surface area (Å²) in [6.45, 7) is 4.23. The van der Waals surface area contributed by atoms with Crippen LogP contribution in [0.1, 0.15) is 11.1 Å². The Balaban J connectivity index is 0.000000206. The van der Waals surface area contributed by atoms with E-state index in [0.717, 1.165) is 100 Å². The van der Waals surface area contributed by atoms with Crippen LogP contribution in [-0.2, 0) is 0 Å². The minimum absolute atomic E-state index is 0.475. The van der Waals surface area contributed by atoms with Gasteiger partial charge in [0.05, 0.1) is 44.1 Å². The van der Waals surface area contributed by atoms with Crippen molar-refractivity contribution in [2.45, 2.75) is 13.8 Å². The third kappa shape index (κ3) is 11.3. The van der Waals surface area contributed by atoms with Crippen molar-refractivity contribution in [1.29, 1.82) is 0 Å². The summed E-state index contributed by atoms with van der Waals surface area (Å²) in [6.07, 6.45) is 0. The van der Waals surface area contributed by atoms with Crippen LogP contribution in [0, 0.1) is 13.8 Å². The Morgan fingerprint density at radius 3 is 0.893 bits per heavy atom. The number of para-hydroxylation sites is 2. The van der Waals surface area contributed by atoms with Crippen molar-refractivity contribution in [3.63, 3.8) is 0 Å². The number of benzene rings is 16. The predicted octanol–water partition coefficient (Wildman–Crippen LogP) is 26.5. The van der Waals surface area contributed by atoms with Crippen LogP contribution in [0.2, 0.25) is 0 Å². The molecule has 528 valence electrons. The van der Waals surface area contributed by atoms with E-state index in [9.17, 15) is 0 Å². The molecule has 0 aliphatic heterocycles. The molecule has 0 atom stereocenters. The first kappa shape index (κ1) is 65.3. The van der Waals surface area contributed by atoms with Crippen LogP contribution in [0.3, 0.4) is 0 Å². The molecule has 6 heterocycles. The maximum atomic E-state index is 5.84. The largest absolute Gasteiger partial charge is 0.334 e. The lowest BCUT2D eigenvalue weighted by Crippen LogP contribution is -1.99. The molecule has 0 aliphatic rings. The Labute approximate surface area is 644 Å². The van der Waals surface area contributed by atoms with Crippen LogP contribution in [0.4, 0.5) is 0 Å². The van der Waals surface area contributed by atoms with E-state index in [2.05, 4.69) is 363 Å². The highest BCUT2D eigenvalue weighted by Gasteiger charge is 2.24. The van der Waals surface area contributed by atoms with Gasteiger partial charge in [0, 0.05) is 88.1 Å². The molecule has 16 aromatic carbocycles. The summed E-state index contributed by atoms with van der Waals surface area (Å²) in [6, 6.07) is 134. The molecule has 0 radical (unpaired) electrons. The molecule has 0 saturated heterocycles. The van der Waals surface area contributed by atoms with Gasteiger partial charge >= 0.3 is 0 Å². The minimum atomic E-state index is 0.475. The van der Waals surface area contributed by atoms with Crippen LogP contribution in [0.5, 0.6) is 0 Å². The standard InChI is InChI=1S/C74H47N5O.C28H21N3O/c1-6-16-48(17-7-1)54-28-36-67-61(42-54)62-43-55(49-18-8-2-9-19-49)29-37-68(62)78(67)59-34-40-71-65(46-59)66-47-60(35-41-72(66)77(71)58-32-26-53(27-33-58)74-75-73(76-80-74)52-24-14-5-15-25-52)79-69-38-30-56(50-20-10-3-11-21-50)44-63(69)64-45-57(31-39-70(64)79)51-22-12-4-13-23-51;1-18-17-26(31-24-14-8-6-12-21(24)22-13-7-9-15-25(22)31)19(2)16-23(18)28-29-27(30-32-28)20-10-4-3-5-11-20/h1-47H;3-17H,1-2H3. The topological polar surface area (TPSA) is 97.6 Å². The van der Waals surface area contributed by atoms with E-state index < -0.39 is 0 Å². The molecule has 10 heteroatoms. The fourth-order valence-electron chi connectivity index (χ4n) is 16.7. The average molecular weight is 1440 g/mol. The average Bonchev–Trinajstić information content (AvgIpc) is 1.56. The van der Waals surface area contributed by atoms with Gasteiger partial charge in [-0.05, 0) is 203 Å². The van der Waals surface area contributed by atoms with Gasteiger partial charge in [0.1, 0.15) is 0 Å². The molecule has 0 fully saturated rings. The van der Waals surface area contributed by atoms with E-state index in [-0.39, 0.29) is 0 Å². The summed E-state index contributed by atoms with van der Waals surface area (Å²) in [5, 5.41) is 18.2. The van der Waals surface area contributed by atoms with Crippen molar-refractivity contribution in [3.8, 4) is 113 Å². The number of hydrogen-bond acceptors (Lipinski definition) is 6. The number of hydrogen-bond donors (Lipinski definition) is 0. The number of fused-ring (bicyclic) bond motifs is 12. The highest BCUT2D eigenvalue weighted by Crippen LogP contribution is 2.44. The third-order valence-corrected chi connectivity index (χ3v) is 22.1.